The van der Waals surface area contributed by atoms with Crippen molar-refractivity contribution in [2.24, 2.45) is 5.73 Å². The van der Waals surface area contributed by atoms with E-state index in [0.29, 0.717) is 40.7 Å². The number of thiophene rings is 1. The number of hydrogen-bond donors (Lipinski definition) is 2. The van der Waals surface area contributed by atoms with Crippen LogP contribution in [0, 0.1) is 0 Å². The van der Waals surface area contributed by atoms with E-state index >= 15 is 0 Å². The Morgan fingerprint density at radius 2 is 1.79 bits per heavy atom. The highest BCUT2D eigenvalue weighted by molar-refractivity contribution is 7.91. The van der Waals surface area contributed by atoms with Crippen molar-refractivity contribution in [1.82, 2.24) is 4.72 Å². The van der Waals surface area contributed by atoms with E-state index in [4.69, 9.17) is 19.9 Å². The third-order valence-corrected chi connectivity index (χ3v) is 7.88. The monoisotopic (exact) mass is 490 g/mol. The van der Waals surface area contributed by atoms with Gasteiger partial charge >= 0.3 is 0 Å². The zero-order chi connectivity index (χ0) is 24.0. The Kier molecular flexibility index (Phi) is 8.36. The number of ether oxygens (including phenoxy) is 3. The molecule has 178 valence electrons. The van der Waals surface area contributed by atoms with Gasteiger partial charge in [0.05, 0.1) is 13.7 Å². The fraction of sp³-hybridized carbons (Fsp3) is 0.333. The average Bonchev–Trinajstić information content (AvgIpc) is 3.29. The molecule has 0 bridgehead atoms. The lowest BCUT2D eigenvalue weighted by molar-refractivity contribution is 0.309. The maximum Gasteiger partial charge on any atom is 0.250 e. The van der Waals surface area contributed by atoms with Gasteiger partial charge < -0.3 is 19.9 Å². The van der Waals surface area contributed by atoms with Crippen LogP contribution < -0.4 is 24.7 Å². The second-order valence-corrected chi connectivity index (χ2v) is 10.4. The highest BCUT2D eigenvalue weighted by Gasteiger charge is 2.23. The van der Waals surface area contributed by atoms with Crippen LogP contribution in [0.1, 0.15) is 32.3 Å². The topological polar surface area (TPSA) is 99.9 Å². The van der Waals surface area contributed by atoms with Crippen LogP contribution >= 0.6 is 11.3 Å². The first-order chi connectivity index (χ1) is 15.8. The first kappa shape index (κ1) is 25.0. The van der Waals surface area contributed by atoms with E-state index in [0.717, 1.165) is 16.9 Å². The molecule has 0 fully saturated rings. The van der Waals surface area contributed by atoms with Gasteiger partial charge in [-0.05, 0) is 54.1 Å². The van der Waals surface area contributed by atoms with Gasteiger partial charge in [0, 0.05) is 30.3 Å². The van der Waals surface area contributed by atoms with Crippen molar-refractivity contribution < 1.29 is 22.6 Å². The fourth-order valence-corrected chi connectivity index (χ4v) is 5.75. The zero-order valence-electron chi connectivity index (χ0n) is 19.3. The van der Waals surface area contributed by atoms with Gasteiger partial charge in [0.1, 0.15) is 15.7 Å². The van der Waals surface area contributed by atoms with Crippen molar-refractivity contribution in [2.45, 2.75) is 30.9 Å². The lowest BCUT2D eigenvalue weighted by atomic mass is 9.98. The van der Waals surface area contributed by atoms with Gasteiger partial charge in [-0.2, -0.15) is 0 Å². The summed E-state index contributed by atoms with van der Waals surface area (Å²) in [6.07, 6.45) is 0. The van der Waals surface area contributed by atoms with E-state index in [1.54, 1.807) is 36.8 Å². The highest BCUT2D eigenvalue weighted by Crippen LogP contribution is 2.42. The normalized spacial score (nSPS) is 11.6. The number of hydrogen-bond acceptors (Lipinski definition) is 7. The quantitative estimate of drug-likeness (QED) is 0.393. The first-order valence-corrected chi connectivity index (χ1v) is 13.1. The van der Waals surface area contributed by atoms with Crippen LogP contribution in [0.25, 0.3) is 11.1 Å². The van der Waals surface area contributed by atoms with E-state index in [1.807, 2.05) is 25.1 Å². The summed E-state index contributed by atoms with van der Waals surface area (Å²) in [4.78, 5) is 0. The zero-order valence-corrected chi connectivity index (χ0v) is 20.9. The maximum absolute atomic E-state index is 12.9. The molecule has 3 aromatic rings. The number of nitrogens with one attached hydrogen (secondary N) is 1. The molecule has 3 N–H and O–H groups in total. The molecule has 7 nitrogen and oxygen atoms in total. The second kappa shape index (κ2) is 11.0. The molecule has 1 aromatic heterocycles. The molecule has 0 unspecified atom stereocenters. The summed E-state index contributed by atoms with van der Waals surface area (Å²) in [6, 6.07) is 13.0. The van der Waals surface area contributed by atoms with Gasteiger partial charge in [0.25, 0.3) is 10.0 Å². The van der Waals surface area contributed by atoms with Gasteiger partial charge in [-0.25, -0.2) is 13.1 Å². The number of nitrogens with two attached hydrogens (primary N) is 1. The van der Waals surface area contributed by atoms with Gasteiger partial charge in [-0.15, -0.1) is 11.3 Å². The minimum Gasteiger partial charge on any atom is -0.493 e. The summed E-state index contributed by atoms with van der Waals surface area (Å²) in [5.74, 6) is 2.54. The molecule has 0 amide bonds. The highest BCUT2D eigenvalue weighted by atomic mass is 32.2. The van der Waals surface area contributed by atoms with Crippen LogP contribution in [0.4, 0.5) is 0 Å². The molecule has 0 radical (unpaired) electrons. The maximum atomic E-state index is 12.9. The third kappa shape index (κ3) is 5.86. The second-order valence-electron chi connectivity index (χ2n) is 7.57. The Morgan fingerprint density at radius 3 is 2.45 bits per heavy atom. The first-order valence-electron chi connectivity index (χ1n) is 10.7. The predicted molar refractivity (Wildman–Crippen MR) is 132 cm³/mol. The van der Waals surface area contributed by atoms with Crippen molar-refractivity contribution in [3.63, 3.8) is 0 Å². The molecule has 33 heavy (non-hydrogen) atoms. The van der Waals surface area contributed by atoms with Crippen molar-refractivity contribution in [3.05, 3.63) is 53.4 Å². The minimum atomic E-state index is -3.71. The summed E-state index contributed by atoms with van der Waals surface area (Å²) >= 11 is 1.16. The summed E-state index contributed by atoms with van der Waals surface area (Å²) in [7, 11) is -2.13. The lowest BCUT2D eigenvalue weighted by Gasteiger charge is -2.17. The van der Waals surface area contributed by atoms with E-state index in [-0.39, 0.29) is 23.2 Å². The van der Waals surface area contributed by atoms with Gasteiger partial charge in [-0.3, -0.25) is 0 Å². The van der Waals surface area contributed by atoms with Crippen LogP contribution in [0.3, 0.4) is 0 Å². The molecule has 0 aliphatic carbocycles. The Bertz CT molecular complexity index is 1190. The fourth-order valence-electron chi connectivity index (χ4n) is 3.28. The van der Waals surface area contributed by atoms with Crippen molar-refractivity contribution >= 4 is 21.4 Å². The number of rotatable bonds is 11. The Hall–Kier alpha value is -2.59. The number of benzene rings is 2. The molecular formula is C24H30N2O5S2. The van der Waals surface area contributed by atoms with Gasteiger partial charge in [0.15, 0.2) is 11.5 Å². The summed E-state index contributed by atoms with van der Waals surface area (Å²) in [5, 5.41) is 1.76. The lowest BCUT2D eigenvalue weighted by Crippen LogP contribution is -2.28. The number of sulfonamides is 1. The molecule has 2 aromatic carbocycles. The van der Waals surface area contributed by atoms with Crippen molar-refractivity contribution in [2.75, 3.05) is 26.8 Å². The predicted octanol–water partition coefficient (Wildman–Crippen LogP) is 4.98. The molecule has 0 spiro atoms. The standard InChI is InChI=1S/C24H30N2O5S2/c1-5-30-23-15-18(7-9-22(23)29-4)31-21-8-6-17(16(2)3)14-20(21)19-10-13-32-24(19)33(27,28)26-12-11-25/h6-10,13-16,26H,5,11-12,25H2,1-4H3. The third-order valence-electron chi connectivity index (χ3n) is 4.93. The molecule has 0 atom stereocenters. The molecule has 0 saturated carbocycles. The molecular weight excluding hydrogens is 460 g/mol. The molecule has 0 aliphatic rings. The van der Waals surface area contributed by atoms with Crippen LogP contribution in [0.15, 0.2) is 52.1 Å². The van der Waals surface area contributed by atoms with Gasteiger partial charge in [0.2, 0.25) is 0 Å². The molecule has 1 heterocycles. The SMILES string of the molecule is CCOc1cc(Oc2ccc(C(C)C)cc2-c2ccsc2S(=O)(=O)NCCN)ccc1OC. The van der Waals surface area contributed by atoms with Crippen LogP contribution in [0.5, 0.6) is 23.0 Å². The average molecular weight is 491 g/mol. The smallest absolute Gasteiger partial charge is 0.250 e. The molecule has 0 saturated heterocycles. The van der Waals surface area contributed by atoms with Crippen molar-refractivity contribution in [3.8, 4) is 34.1 Å². The van der Waals surface area contributed by atoms with Crippen LogP contribution in [-0.2, 0) is 10.0 Å². The molecule has 9 heteroatoms. The van der Waals surface area contributed by atoms with Gasteiger partial charge in [-0.1, -0.05) is 19.9 Å². The van der Waals surface area contributed by atoms with E-state index in [9.17, 15) is 8.42 Å². The summed E-state index contributed by atoms with van der Waals surface area (Å²) < 4.78 is 45.8. The largest absolute Gasteiger partial charge is 0.493 e. The van der Waals surface area contributed by atoms with E-state index < -0.39 is 10.0 Å². The molecule has 0 aliphatic heterocycles. The van der Waals surface area contributed by atoms with E-state index in [2.05, 4.69) is 18.6 Å². The summed E-state index contributed by atoms with van der Waals surface area (Å²) in [5.41, 5.74) is 7.85. The molecule has 3 rings (SSSR count). The Labute approximate surface area is 199 Å². The Morgan fingerprint density at radius 1 is 1.03 bits per heavy atom. The number of methoxy groups -OCH3 is 1. The minimum absolute atomic E-state index is 0.168. The van der Waals surface area contributed by atoms with Crippen molar-refractivity contribution in [1.29, 1.82) is 0 Å². The van der Waals surface area contributed by atoms with E-state index in [1.165, 1.54) is 0 Å². The van der Waals surface area contributed by atoms with Crippen LogP contribution in [-0.4, -0.2) is 35.2 Å². The summed E-state index contributed by atoms with van der Waals surface area (Å²) in [6.45, 7) is 6.95. The van der Waals surface area contributed by atoms with Crippen LogP contribution in [0.2, 0.25) is 0 Å². The Balaban J connectivity index is 2.08.